The molecule has 2 heteroatoms. The summed E-state index contributed by atoms with van der Waals surface area (Å²) in [4.78, 5) is 5.40. The number of unbranched alkanes of at least 4 members (excludes halogenated alkanes) is 6. The number of nitrogens with zero attached hydrogens (tertiary/aromatic N) is 2. The average molecular weight is 395 g/mol. The molecular formula is C27H42N2. The second-order valence-electron chi connectivity index (χ2n) is 9.19. The van der Waals surface area contributed by atoms with Gasteiger partial charge in [0.25, 0.3) is 0 Å². The van der Waals surface area contributed by atoms with Crippen molar-refractivity contribution in [2.24, 2.45) is 0 Å². The van der Waals surface area contributed by atoms with Gasteiger partial charge in [0.05, 0.1) is 6.04 Å². The van der Waals surface area contributed by atoms with Crippen LogP contribution in [0.15, 0.2) is 24.3 Å². The molecule has 2 atom stereocenters. The monoisotopic (exact) mass is 394 g/mol. The third kappa shape index (κ3) is 7.16. The Morgan fingerprint density at radius 2 is 1.66 bits per heavy atom. The van der Waals surface area contributed by atoms with Crippen molar-refractivity contribution in [2.75, 3.05) is 26.2 Å². The van der Waals surface area contributed by atoms with Gasteiger partial charge in [0, 0.05) is 25.6 Å². The van der Waals surface area contributed by atoms with Gasteiger partial charge in [0.15, 0.2) is 0 Å². The Morgan fingerprint density at radius 3 is 2.41 bits per heavy atom. The topological polar surface area (TPSA) is 6.48 Å². The fourth-order valence-electron chi connectivity index (χ4n) is 4.93. The average Bonchev–Trinajstić information content (AvgIpc) is 3.41. The maximum absolute atomic E-state index is 3.71. The van der Waals surface area contributed by atoms with Crippen molar-refractivity contribution in [3.05, 3.63) is 35.4 Å². The lowest BCUT2D eigenvalue weighted by molar-refractivity contribution is 0.168. The molecule has 29 heavy (non-hydrogen) atoms. The van der Waals surface area contributed by atoms with Crippen LogP contribution in [-0.2, 0) is 0 Å². The molecule has 2 saturated heterocycles. The van der Waals surface area contributed by atoms with E-state index in [0.29, 0.717) is 6.04 Å². The first-order valence-corrected chi connectivity index (χ1v) is 12.3. The molecule has 2 nitrogen and oxygen atoms in total. The Hall–Kier alpha value is -1.30. The molecule has 0 spiro atoms. The first-order chi connectivity index (χ1) is 14.3. The number of benzene rings is 1. The molecule has 3 rings (SSSR count). The molecule has 2 unspecified atom stereocenters. The summed E-state index contributed by atoms with van der Waals surface area (Å²) in [6.07, 6.45) is 14.5. The fourth-order valence-corrected chi connectivity index (χ4v) is 4.93. The minimum atomic E-state index is 0.269. The molecule has 2 aliphatic rings. The largest absolute Gasteiger partial charge is 0.302 e. The zero-order valence-electron chi connectivity index (χ0n) is 19.0. The van der Waals surface area contributed by atoms with Crippen LogP contribution in [0.1, 0.15) is 94.7 Å². The van der Waals surface area contributed by atoms with Crippen LogP contribution in [0.4, 0.5) is 0 Å². The lowest BCUT2D eigenvalue weighted by Crippen LogP contribution is -2.41. The van der Waals surface area contributed by atoms with E-state index in [1.54, 1.807) is 0 Å². The van der Waals surface area contributed by atoms with Gasteiger partial charge in [0.2, 0.25) is 0 Å². The number of hydrogen-bond acceptors (Lipinski definition) is 2. The van der Waals surface area contributed by atoms with Gasteiger partial charge in [-0.1, -0.05) is 74.8 Å². The van der Waals surface area contributed by atoms with Crippen molar-refractivity contribution < 1.29 is 0 Å². The second kappa shape index (κ2) is 12.4. The van der Waals surface area contributed by atoms with Crippen molar-refractivity contribution in [1.82, 2.24) is 9.80 Å². The molecule has 0 bridgehead atoms. The molecule has 0 saturated carbocycles. The van der Waals surface area contributed by atoms with Gasteiger partial charge in [-0.2, -0.15) is 0 Å². The quantitative estimate of drug-likeness (QED) is 0.337. The highest BCUT2D eigenvalue weighted by atomic mass is 15.3. The molecule has 0 radical (unpaired) electrons. The first kappa shape index (κ1) is 22.4. The van der Waals surface area contributed by atoms with Crippen LogP contribution in [0.25, 0.3) is 0 Å². The zero-order valence-corrected chi connectivity index (χ0v) is 19.0. The molecule has 2 heterocycles. The Balaban J connectivity index is 1.62. The predicted octanol–water partition coefficient (Wildman–Crippen LogP) is 6.35. The molecule has 1 aromatic rings. The molecule has 2 fully saturated rings. The summed E-state index contributed by atoms with van der Waals surface area (Å²) in [5, 5.41) is 0. The summed E-state index contributed by atoms with van der Waals surface area (Å²) in [5.41, 5.74) is 2.72. The van der Waals surface area contributed by atoms with Gasteiger partial charge in [-0.05, 0) is 57.7 Å². The molecule has 0 N–H and O–H groups in total. The number of hydrogen-bond donors (Lipinski definition) is 0. The van der Waals surface area contributed by atoms with Crippen LogP contribution in [0, 0.1) is 18.8 Å². The van der Waals surface area contributed by atoms with Crippen LogP contribution in [0.3, 0.4) is 0 Å². The van der Waals surface area contributed by atoms with Crippen LogP contribution >= 0.6 is 0 Å². The molecule has 0 amide bonds. The highest BCUT2D eigenvalue weighted by molar-refractivity contribution is 5.30. The zero-order chi connectivity index (χ0) is 20.3. The molecule has 0 aliphatic carbocycles. The number of aryl methyl sites for hydroxylation is 1. The minimum Gasteiger partial charge on any atom is -0.302 e. The van der Waals surface area contributed by atoms with Crippen LogP contribution in [0.5, 0.6) is 0 Å². The normalized spacial score (nSPS) is 21.2. The Bertz CT molecular complexity index is 633. The van der Waals surface area contributed by atoms with Crippen molar-refractivity contribution in [2.45, 2.75) is 96.6 Å². The lowest BCUT2D eigenvalue weighted by atomic mass is 10.0. The third-order valence-electron chi connectivity index (χ3n) is 6.71. The second-order valence-corrected chi connectivity index (χ2v) is 9.19. The molecule has 1 aromatic carbocycles. The fraction of sp³-hybridized carbons (Fsp3) is 0.704. The first-order valence-electron chi connectivity index (χ1n) is 12.3. The van der Waals surface area contributed by atoms with Gasteiger partial charge in [-0.15, -0.1) is 5.92 Å². The maximum Gasteiger partial charge on any atom is 0.0973 e. The predicted molar refractivity (Wildman–Crippen MR) is 125 cm³/mol. The van der Waals surface area contributed by atoms with Gasteiger partial charge in [0.1, 0.15) is 0 Å². The van der Waals surface area contributed by atoms with Crippen LogP contribution in [-0.4, -0.2) is 42.0 Å². The van der Waals surface area contributed by atoms with E-state index in [-0.39, 0.29) is 6.04 Å². The standard InChI is InChI=1S/C27H42N2/c1-3-4-5-6-7-8-9-10-15-27(25-18-16-24(2)17-19-25)29-22-13-14-26(29)23-28-20-11-12-21-28/h16-19,26-27H,3-9,11-14,20-23H2,1-2H3. The summed E-state index contributed by atoms with van der Waals surface area (Å²) in [7, 11) is 0. The van der Waals surface area contributed by atoms with Crippen LogP contribution < -0.4 is 0 Å². The summed E-state index contributed by atoms with van der Waals surface area (Å²) >= 11 is 0. The Morgan fingerprint density at radius 1 is 0.931 bits per heavy atom. The maximum atomic E-state index is 3.71. The van der Waals surface area contributed by atoms with Gasteiger partial charge >= 0.3 is 0 Å². The highest BCUT2D eigenvalue weighted by Gasteiger charge is 2.32. The summed E-state index contributed by atoms with van der Waals surface area (Å²) < 4.78 is 0. The van der Waals surface area contributed by atoms with Crippen molar-refractivity contribution in [3.8, 4) is 11.8 Å². The van der Waals surface area contributed by atoms with Crippen molar-refractivity contribution >= 4 is 0 Å². The van der Waals surface area contributed by atoms with E-state index in [0.717, 1.165) is 6.42 Å². The van der Waals surface area contributed by atoms with Gasteiger partial charge in [-0.25, -0.2) is 0 Å². The molecule has 0 aromatic heterocycles. The highest BCUT2D eigenvalue weighted by Crippen LogP contribution is 2.30. The molecular weight excluding hydrogens is 352 g/mol. The van der Waals surface area contributed by atoms with E-state index in [4.69, 9.17) is 0 Å². The van der Waals surface area contributed by atoms with Gasteiger partial charge < -0.3 is 4.90 Å². The van der Waals surface area contributed by atoms with E-state index < -0.39 is 0 Å². The smallest absolute Gasteiger partial charge is 0.0973 e. The summed E-state index contributed by atoms with van der Waals surface area (Å²) in [6.45, 7) is 9.48. The van der Waals surface area contributed by atoms with E-state index in [2.05, 4.69) is 59.8 Å². The number of rotatable bonds is 10. The summed E-state index contributed by atoms with van der Waals surface area (Å²) in [5.74, 6) is 7.29. The number of likely N-dealkylation sites (tertiary alicyclic amines) is 2. The van der Waals surface area contributed by atoms with E-state index in [1.807, 2.05) is 0 Å². The van der Waals surface area contributed by atoms with E-state index >= 15 is 0 Å². The summed E-state index contributed by atoms with van der Waals surface area (Å²) in [6, 6.07) is 10.1. The van der Waals surface area contributed by atoms with E-state index in [1.165, 1.54) is 102 Å². The minimum absolute atomic E-state index is 0.269. The van der Waals surface area contributed by atoms with Crippen molar-refractivity contribution in [1.29, 1.82) is 0 Å². The molecule has 2 aliphatic heterocycles. The van der Waals surface area contributed by atoms with Crippen LogP contribution in [0.2, 0.25) is 0 Å². The Kier molecular flexibility index (Phi) is 9.58. The van der Waals surface area contributed by atoms with Crippen molar-refractivity contribution in [3.63, 3.8) is 0 Å². The molecule has 160 valence electrons. The van der Waals surface area contributed by atoms with Gasteiger partial charge in [-0.3, -0.25) is 4.90 Å². The Labute approximate surface area is 180 Å². The SMILES string of the molecule is CCCCCCCCC#CC(c1ccc(C)cc1)N1CCCC1CN1CCCC1. The third-order valence-corrected chi connectivity index (χ3v) is 6.71. The lowest BCUT2D eigenvalue weighted by Gasteiger charge is -2.32. The van der Waals surface area contributed by atoms with E-state index in [9.17, 15) is 0 Å².